The van der Waals surface area contributed by atoms with E-state index in [2.05, 4.69) is 44.8 Å². The molecule has 0 bridgehead atoms. The van der Waals surface area contributed by atoms with E-state index in [1.807, 2.05) is 13.1 Å². The minimum Gasteiger partial charge on any atom is -0.357 e. The highest BCUT2D eigenvalue weighted by molar-refractivity contribution is 7.11. The molecule has 23 heavy (non-hydrogen) atoms. The Bertz CT molecular complexity index is 618. The highest BCUT2D eigenvalue weighted by Crippen LogP contribution is 2.11. The van der Waals surface area contributed by atoms with Crippen LogP contribution in [0.2, 0.25) is 0 Å². The number of hydrogen-bond donors (Lipinski definition) is 2. The van der Waals surface area contributed by atoms with Gasteiger partial charge in [0.05, 0.1) is 10.0 Å². The van der Waals surface area contributed by atoms with Crippen LogP contribution in [-0.2, 0) is 12.8 Å². The molecule has 126 valence electrons. The predicted molar refractivity (Wildman–Crippen MR) is 99.7 cm³/mol. The predicted octanol–water partition coefficient (Wildman–Crippen LogP) is 2.95. The fourth-order valence-electron chi connectivity index (χ4n) is 2.09. The van der Waals surface area contributed by atoms with Gasteiger partial charge in [-0.1, -0.05) is 0 Å². The van der Waals surface area contributed by atoms with E-state index in [4.69, 9.17) is 0 Å². The molecule has 2 aromatic heterocycles. The van der Waals surface area contributed by atoms with Crippen LogP contribution in [0.1, 0.15) is 33.9 Å². The summed E-state index contributed by atoms with van der Waals surface area (Å²) in [6.07, 6.45) is 4.88. The summed E-state index contributed by atoms with van der Waals surface area (Å²) in [5.41, 5.74) is 1.11. The first-order valence-electron chi connectivity index (χ1n) is 8.02. The first-order chi connectivity index (χ1) is 11.2. The summed E-state index contributed by atoms with van der Waals surface area (Å²) >= 11 is 3.49. The Labute approximate surface area is 146 Å². The van der Waals surface area contributed by atoms with Crippen molar-refractivity contribution in [2.45, 2.75) is 40.0 Å². The van der Waals surface area contributed by atoms with Crippen LogP contribution in [0.5, 0.6) is 0 Å². The molecule has 2 aromatic rings. The lowest BCUT2D eigenvalue weighted by molar-refractivity contribution is 0.773. The Morgan fingerprint density at radius 1 is 1.22 bits per heavy atom. The number of aliphatic imine (C=N–C) groups is 1. The van der Waals surface area contributed by atoms with E-state index in [1.165, 1.54) is 14.9 Å². The van der Waals surface area contributed by atoms with Crippen molar-refractivity contribution in [1.82, 2.24) is 20.6 Å². The Morgan fingerprint density at radius 3 is 2.74 bits per heavy atom. The van der Waals surface area contributed by atoms with E-state index in [0.29, 0.717) is 0 Å². The molecule has 0 aliphatic rings. The van der Waals surface area contributed by atoms with Gasteiger partial charge in [-0.15, -0.1) is 22.7 Å². The molecular weight excluding hydrogens is 326 g/mol. The van der Waals surface area contributed by atoms with Gasteiger partial charge in [0.25, 0.3) is 0 Å². The molecule has 0 atom stereocenters. The SMILES string of the molecule is CCNC(=NCCCc1nc(C)cs1)NCCc1ncc(C)s1. The summed E-state index contributed by atoms with van der Waals surface area (Å²) in [5, 5.41) is 11.1. The minimum absolute atomic E-state index is 0.810. The van der Waals surface area contributed by atoms with Crippen molar-refractivity contribution in [3.63, 3.8) is 0 Å². The van der Waals surface area contributed by atoms with E-state index >= 15 is 0 Å². The van der Waals surface area contributed by atoms with Gasteiger partial charge in [-0.3, -0.25) is 4.99 Å². The number of thiazole rings is 2. The third kappa shape index (κ3) is 6.66. The van der Waals surface area contributed by atoms with Gasteiger partial charge in [0.2, 0.25) is 0 Å². The van der Waals surface area contributed by atoms with Crippen molar-refractivity contribution in [2.24, 2.45) is 4.99 Å². The van der Waals surface area contributed by atoms with Gasteiger partial charge in [0.15, 0.2) is 5.96 Å². The molecule has 0 spiro atoms. The summed E-state index contributed by atoms with van der Waals surface area (Å²) in [6.45, 7) is 8.74. The molecule has 2 heterocycles. The Morgan fingerprint density at radius 2 is 2.09 bits per heavy atom. The first kappa shape index (κ1) is 17.9. The Kier molecular flexibility index (Phi) is 7.48. The zero-order valence-electron chi connectivity index (χ0n) is 14.1. The van der Waals surface area contributed by atoms with Crippen LogP contribution in [0.4, 0.5) is 0 Å². The van der Waals surface area contributed by atoms with Gasteiger partial charge >= 0.3 is 0 Å². The number of hydrogen-bond acceptors (Lipinski definition) is 5. The van der Waals surface area contributed by atoms with Crippen molar-refractivity contribution in [3.05, 3.63) is 32.2 Å². The van der Waals surface area contributed by atoms with Gasteiger partial charge in [0.1, 0.15) is 0 Å². The molecule has 0 unspecified atom stereocenters. The molecular formula is C16H25N5S2. The van der Waals surface area contributed by atoms with Gasteiger partial charge < -0.3 is 10.6 Å². The van der Waals surface area contributed by atoms with E-state index in [9.17, 15) is 0 Å². The fraction of sp³-hybridized carbons (Fsp3) is 0.562. The Hall–Kier alpha value is -1.47. The quantitative estimate of drug-likeness (QED) is 0.436. The number of aryl methyl sites for hydroxylation is 3. The maximum atomic E-state index is 4.63. The van der Waals surface area contributed by atoms with Crippen LogP contribution in [0.25, 0.3) is 0 Å². The second-order valence-corrected chi connectivity index (χ2v) is 7.55. The number of aromatic nitrogens is 2. The molecule has 0 aliphatic carbocycles. The Balaban J connectivity index is 1.70. The number of rotatable bonds is 8. The summed E-state index contributed by atoms with van der Waals surface area (Å²) in [5.74, 6) is 0.885. The maximum absolute atomic E-state index is 4.63. The topological polar surface area (TPSA) is 62.2 Å². The summed E-state index contributed by atoms with van der Waals surface area (Å²) in [7, 11) is 0. The van der Waals surface area contributed by atoms with Crippen LogP contribution in [-0.4, -0.2) is 35.6 Å². The second-order valence-electron chi connectivity index (χ2n) is 5.29. The van der Waals surface area contributed by atoms with Gasteiger partial charge in [0, 0.05) is 54.6 Å². The van der Waals surface area contributed by atoms with Crippen LogP contribution in [0.15, 0.2) is 16.6 Å². The summed E-state index contributed by atoms with van der Waals surface area (Å²) in [6, 6.07) is 0. The third-order valence-electron chi connectivity index (χ3n) is 3.13. The molecule has 0 fully saturated rings. The van der Waals surface area contributed by atoms with E-state index in [0.717, 1.165) is 50.6 Å². The normalized spacial score (nSPS) is 11.7. The van der Waals surface area contributed by atoms with Gasteiger partial charge in [-0.25, -0.2) is 9.97 Å². The standard InChI is InChI=1S/C16H25N5S2/c1-4-17-16(19-9-7-14-20-10-13(3)23-14)18-8-5-6-15-21-12(2)11-22-15/h10-11H,4-9H2,1-3H3,(H2,17,18,19). The lowest BCUT2D eigenvalue weighted by Gasteiger charge is -2.10. The summed E-state index contributed by atoms with van der Waals surface area (Å²) in [4.78, 5) is 14.8. The first-order valence-corrected chi connectivity index (χ1v) is 9.71. The van der Waals surface area contributed by atoms with E-state index in [-0.39, 0.29) is 0 Å². The van der Waals surface area contributed by atoms with Crippen LogP contribution in [0, 0.1) is 13.8 Å². The molecule has 0 amide bonds. The van der Waals surface area contributed by atoms with Crippen molar-refractivity contribution >= 4 is 28.6 Å². The van der Waals surface area contributed by atoms with Crippen LogP contribution in [0.3, 0.4) is 0 Å². The third-order valence-corrected chi connectivity index (χ3v) is 5.13. The van der Waals surface area contributed by atoms with Crippen molar-refractivity contribution < 1.29 is 0 Å². The van der Waals surface area contributed by atoms with Crippen LogP contribution < -0.4 is 10.6 Å². The zero-order valence-corrected chi connectivity index (χ0v) is 15.7. The maximum Gasteiger partial charge on any atom is 0.191 e. The lowest BCUT2D eigenvalue weighted by Crippen LogP contribution is -2.38. The molecule has 0 aliphatic heterocycles. The van der Waals surface area contributed by atoms with E-state index in [1.54, 1.807) is 22.7 Å². The molecule has 0 aromatic carbocycles. The largest absolute Gasteiger partial charge is 0.357 e. The zero-order chi connectivity index (χ0) is 16.5. The van der Waals surface area contributed by atoms with Crippen LogP contribution >= 0.6 is 22.7 Å². The van der Waals surface area contributed by atoms with E-state index < -0.39 is 0 Å². The smallest absolute Gasteiger partial charge is 0.191 e. The van der Waals surface area contributed by atoms with Crippen molar-refractivity contribution in [3.8, 4) is 0 Å². The average molecular weight is 352 g/mol. The molecule has 0 saturated heterocycles. The molecule has 5 nitrogen and oxygen atoms in total. The number of nitrogens with zero attached hydrogens (tertiary/aromatic N) is 3. The fourth-order valence-corrected chi connectivity index (χ4v) is 3.69. The monoisotopic (exact) mass is 351 g/mol. The number of guanidine groups is 1. The average Bonchev–Trinajstić information content (AvgIpc) is 3.12. The second kappa shape index (κ2) is 9.62. The minimum atomic E-state index is 0.810. The molecule has 2 rings (SSSR count). The van der Waals surface area contributed by atoms with Crippen molar-refractivity contribution in [1.29, 1.82) is 0 Å². The lowest BCUT2D eigenvalue weighted by atomic mass is 10.3. The highest BCUT2D eigenvalue weighted by Gasteiger charge is 2.01. The molecule has 7 heteroatoms. The van der Waals surface area contributed by atoms with Gasteiger partial charge in [-0.05, 0) is 27.2 Å². The number of nitrogens with one attached hydrogen (secondary N) is 2. The molecule has 2 N–H and O–H groups in total. The highest BCUT2D eigenvalue weighted by atomic mass is 32.1. The molecule has 0 saturated carbocycles. The van der Waals surface area contributed by atoms with Gasteiger partial charge in [-0.2, -0.15) is 0 Å². The molecule has 0 radical (unpaired) electrons. The summed E-state index contributed by atoms with van der Waals surface area (Å²) < 4.78 is 0. The van der Waals surface area contributed by atoms with Crippen molar-refractivity contribution in [2.75, 3.05) is 19.6 Å².